The van der Waals surface area contributed by atoms with Gasteiger partial charge in [-0.3, -0.25) is 0 Å². The number of hydrogen-bond donors (Lipinski definition) is 0. The van der Waals surface area contributed by atoms with E-state index in [-0.39, 0.29) is 0 Å². The summed E-state index contributed by atoms with van der Waals surface area (Å²) in [6, 6.07) is 56.4. The first-order chi connectivity index (χ1) is 22.3. The Morgan fingerprint density at radius 1 is 0.356 bits per heavy atom. The average molecular weight is 575 g/mol. The Morgan fingerprint density at radius 3 is 1.69 bits per heavy atom. The molecule has 0 spiro atoms. The molecular formula is C42H26N2O. The fraction of sp³-hybridized carbons (Fsp3) is 0. The summed E-state index contributed by atoms with van der Waals surface area (Å²) in [6.45, 7) is 0. The average Bonchev–Trinajstić information content (AvgIpc) is 3.76. The van der Waals surface area contributed by atoms with Gasteiger partial charge in [-0.2, -0.15) is 0 Å². The number of rotatable bonds is 3. The predicted molar refractivity (Wildman–Crippen MR) is 188 cm³/mol. The zero-order valence-corrected chi connectivity index (χ0v) is 24.3. The van der Waals surface area contributed by atoms with Gasteiger partial charge in [0.15, 0.2) is 5.58 Å². The zero-order valence-electron chi connectivity index (χ0n) is 24.3. The van der Waals surface area contributed by atoms with E-state index in [1.54, 1.807) is 0 Å². The summed E-state index contributed by atoms with van der Waals surface area (Å²) in [4.78, 5) is 0. The fourth-order valence-corrected chi connectivity index (χ4v) is 7.33. The number of fused-ring (bicyclic) bond motifs is 9. The molecule has 3 aromatic heterocycles. The van der Waals surface area contributed by atoms with E-state index < -0.39 is 0 Å². The molecule has 0 saturated heterocycles. The third kappa shape index (κ3) is 3.46. The molecule has 7 aromatic carbocycles. The van der Waals surface area contributed by atoms with E-state index in [1.165, 1.54) is 43.7 Å². The maximum atomic E-state index is 6.72. The lowest BCUT2D eigenvalue weighted by molar-refractivity contribution is 0.666. The van der Waals surface area contributed by atoms with Gasteiger partial charge in [0.05, 0.1) is 27.8 Å². The molecule has 0 N–H and O–H groups in total. The third-order valence-electron chi connectivity index (χ3n) is 9.32. The van der Waals surface area contributed by atoms with Crippen molar-refractivity contribution < 1.29 is 4.42 Å². The van der Waals surface area contributed by atoms with Crippen molar-refractivity contribution in [2.45, 2.75) is 0 Å². The summed E-state index contributed by atoms with van der Waals surface area (Å²) < 4.78 is 11.4. The molecule has 0 bridgehead atoms. The van der Waals surface area contributed by atoms with Crippen LogP contribution in [0.5, 0.6) is 0 Å². The Hall–Kier alpha value is -6.06. The highest BCUT2D eigenvalue weighted by molar-refractivity contribution is 6.14. The molecule has 0 amide bonds. The van der Waals surface area contributed by atoms with E-state index in [1.807, 2.05) is 0 Å². The van der Waals surface area contributed by atoms with E-state index >= 15 is 0 Å². The molecule has 3 heterocycles. The molecule has 10 rings (SSSR count). The Labute approximate surface area is 258 Å². The maximum Gasteiger partial charge on any atom is 0.159 e. The lowest BCUT2D eigenvalue weighted by Gasteiger charge is -2.09. The van der Waals surface area contributed by atoms with Crippen molar-refractivity contribution in [3.05, 3.63) is 158 Å². The first-order valence-corrected chi connectivity index (χ1v) is 15.4. The predicted octanol–water partition coefficient (Wildman–Crippen LogP) is 11.4. The molecule has 0 aliphatic rings. The highest BCUT2D eigenvalue weighted by Crippen LogP contribution is 2.40. The molecule has 10 aromatic rings. The van der Waals surface area contributed by atoms with Gasteiger partial charge in [0.1, 0.15) is 5.58 Å². The van der Waals surface area contributed by atoms with Gasteiger partial charge in [-0.05, 0) is 65.7 Å². The van der Waals surface area contributed by atoms with Gasteiger partial charge >= 0.3 is 0 Å². The largest absolute Gasteiger partial charge is 0.454 e. The van der Waals surface area contributed by atoms with Gasteiger partial charge < -0.3 is 13.6 Å². The van der Waals surface area contributed by atoms with Crippen LogP contribution in [-0.2, 0) is 0 Å². The topological polar surface area (TPSA) is 23.0 Å². The van der Waals surface area contributed by atoms with Crippen LogP contribution in [0.2, 0.25) is 0 Å². The lowest BCUT2D eigenvalue weighted by atomic mass is 10.0. The molecule has 0 saturated carbocycles. The van der Waals surface area contributed by atoms with Gasteiger partial charge in [0.2, 0.25) is 0 Å². The minimum Gasteiger partial charge on any atom is -0.454 e. The highest BCUT2D eigenvalue weighted by Gasteiger charge is 2.19. The van der Waals surface area contributed by atoms with Crippen molar-refractivity contribution >= 4 is 65.6 Å². The van der Waals surface area contributed by atoms with E-state index in [0.717, 1.165) is 44.3 Å². The number of para-hydroxylation sites is 4. The van der Waals surface area contributed by atoms with Crippen molar-refractivity contribution in [1.29, 1.82) is 0 Å². The number of furan rings is 1. The molecule has 3 heteroatoms. The Bertz CT molecular complexity index is 2710. The Balaban J connectivity index is 1.22. The number of hydrogen-bond acceptors (Lipinski definition) is 1. The molecule has 0 atom stereocenters. The van der Waals surface area contributed by atoms with Crippen molar-refractivity contribution in [2.75, 3.05) is 0 Å². The monoisotopic (exact) mass is 574 g/mol. The molecule has 0 aliphatic heterocycles. The van der Waals surface area contributed by atoms with Gasteiger partial charge in [0.25, 0.3) is 0 Å². The van der Waals surface area contributed by atoms with Gasteiger partial charge in [-0.1, -0.05) is 103 Å². The quantitative estimate of drug-likeness (QED) is 0.206. The van der Waals surface area contributed by atoms with Crippen LogP contribution in [0.3, 0.4) is 0 Å². The second-order valence-electron chi connectivity index (χ2n) is 11.8. The molecule has 0 radical (unpaired) electrons. The van der Waals surface area contributed by atoms with E-state index in [9.17, 15) is 0 Å². The number of benzene rings is 7. The van der Waals surface area contributed by atoms with Crippen LogP contribution >= 0.6 is 0 Å². The maximum absolute atomic E-state index is 6.72. The molecule has 0 aliphatic carbocycles. The molecule has 210 valence electrons. The highest BCUT2D eigenvalue weighted by atomic mass is 16.3. The van der Waals surface area contributed by atoms with Gasteiger partial charge in [-0.15, -0.1) is 0 Å². The minimum absolute atomic E-state index is 0.883. The van der Waals surface area contributed by atoms with Crippen LogP contribution in [0.15, 0.2) is 162 Å². The SMILES string of the molecule is c1ccc(-c2ccc3c(c2)c2ccccc2n3-c2cccc3c2oc2ccc(-n4c5ccccc5c5ccccc54)cc23)cc1. The summed E-state index contributed by atoms with van der Waals surface area (Å²) in [5.74, 6) is 0. The second-order valence-corrected chi connectivity index (χ2v) is 11.8. The van der Waals surface area contributed by atoms with Crippen molar-refractivity contribution in [1.82, 2.24) is 9.13 Å². The molecular weight excluding hydrogens is 548 g/mol. The van der Waals surface area contributed by atoms with Crippen molar-refractivity contribution in [2.24, 2.45) is 0 Å². The van der Waals surface area contributed by atoms with Crippen LogP contribution in [0.25, 0.3) is 88.1 Å². The Kier molecular flexibility index (Phi) is 5.00. The summed E-state index contributed by atoms with van der Waals surface area (Å²) >= 11 is 0. The van der Waals surface area contributed by atoms with Gasteiger partial charge in [-0.25, -0.2) is 0 Å². The Morgan fingerprint density at radius 2 is 0.956 bits per heavy atom. The standard InChI is InChI=1S/C42H26N2O/c1-2-11-27(12-3-1)28-21-23-39-34(25-28)32-15-6-9-19-38(32)44(39)40-20-10-16-33-35-26-29(22-24-41(35)45-42(33)40)43-36-17-7-4-13-30(36)31-14-5-8-18-37(31)43/h1-26H. The van der Waals surface area contributed by atoms with Crippen LogP contribution in [0.1, 0.15) is 0 Å². The van der Waals surface area contributed by atoms with E-state index in [4.69, 9.17) is 4.42 Å². The molecule has 3 nitrogen and oxygen atoms in total. The summed E-state index contributed by atoms with van der Waals surface area (Å²) in [5.41, 5.74) is 11.1. The van der Waals surface area contributed by atoms with Gasteiger partial charge in [0, 0.05) is 38.0 Å². The van der Waals surface area contributed by atoms with Crippen LogP contribution in [0, 0.1) is 0 Å². The summed E-state index contributed by atoms with van der Waals surface area (Å²) in [5, 5.41) is 7.19. The second kappa shape index (κ2) is 9.22. The van der Waals surface area contributed by atoms with Crippen molar-refractivity contribution in [3.8, 4) is 22.5 Å². The first-order valence-electron chi connectivity index (χ1n) is 15.4. The lowest BCUT2D eigenvalue weighted by Crippen LogP contribution is -1.94. The van der Waals surface area contributed by atoms with Crippen LogP contribution < -0.4 is 0 Å². The zero-order chi connectivity index (χ0) is 29.5. The van der Waals surface area contributed by atoms with Crippen LogP contribution in [-0.4, -0.2) is 9.13 Å². The first kappa shape index (κ1) is 24.4. The molecule has 0 fully saturated rings. The molecule has 0 unspecified atom stereocenters. The normalized spacial score (nSPS) is 12.0. The van der Waals surface area contributed by atoms with Crippen LogP contribution in [0.4, 0.5) is 0 Å². The molecule has 45 heavy (non-hydrogen) atoms. The summed E-state index contributed by atoms with van der Waals surface area (Å²) in [7, 11) is 0. The number of nitrogens with zero attached hydrogens (tertiary/aromatic N) is 2. The minimum atomic E-state index is 0.883. The van der Waals surface area contributed by atoms with Crippen molar-refractivity contribution in [3.63, 3.8) is 0 Å². The van der Waals surface area contributed by atoms with E-state index in [2.05, 4.69) is 167 Å². The fourth-order valence-electron chi connectivity index (χ4n) is 7.33. The third-order valence-corrected chi connectivity index (χ3v) is 9.32. The number of aromatic nitrogens is 2. The summed E-state index contributed by atoms with van der Waals surface area (Å²) in [6.07, 6.45) is 0. The van der Waals surface area contributed by atoms with E-state index in [0.29, 0.717) is 0 Å². The smallest absolute Gasteiger partial charge is 0.159 e.